The largest absolute Gasteiger partial charge is 0.395 e. The molecular formula is C20H28O3. The highest BCUT2D eigenvalue weighted by atomic mass is 16.3. The van der Waals surface area contributed by atoms with Gasteiger partial charge >= 0.3 is 0 Å². The molecule has 1 unspecified atom stereocenters. The minimum absolute atomic E-state index is 0.0187. The van der Waals surface area contributed by atoms with Crippen molar-refractivity contribution in [3.8, 4) is 0 Å². The molecule has 0 amide bonds. The summed E-state index contributed by atoms with van der Waals surface area (Å²) in [4.78, 5) is 24.5. The number of aliphatic hydroxyl groups is 1. The van der Waals surface area contributed by atoms with Gasteiger partial charge < -0.3 is 5.11 Å². The van der Waals surface area contributed by atoms with E-state index in [0.717, 1.165) is 32.1 Å². The summed E-state index contributed by atoms with van der Waals surface area (Å²) in [6.07, 6.45) is 6.76. The molecule has 0 aliphatic heterocycles. The molecule has 0 bridgehead atoms. The van der Waals surface area contributed by atoms with Crippen LogP contribution in [0.4, 0.5) is 0 Å². The smallest absolute Gasteiger partial charge is 0.141 e. The van der Waals surface area contributed by atoms with Crippen LogP contribution in [0.15, 0.2) is 12.2 Å². The van der Waals surface area contributed by atoms with Gasteiger partial charge in [-0.05, 0) is 61.2 Å². The molecule has 4 aliphatic carbocycles. The van der Waals surface area contributed by atoms with E-state index in [2.05, 4.69) is 13.5 Å². The van der Waals surface area contributed by atoms with Crippen molar-refractivity contribution >= 4 is 11.6 Å². The van der Waals surface area contributed by atoms with Crippen molar-refractivity contribution in [1.82, 2.24) is 0 Å². The van der Waals surface area contributed by atoms with Gasteiger partial charge in [0.15, 0.2) is 0 Å². The Morgan fingerprint density at radius 1 is 1.13 bits per heavy atom. The van der Waals surface area contributed by atoms with Gasteiger partial charge in [-0.15, -0.1) is 0 Å². The Balaban J connectivity index is 1.71. The average molecular weight is 316 g/mol. The summed E-state index contributed by atoms with van der Waals surface area (Å²) < 4.78 is 0. The third-order valence-electron chi connectivity index (χ3n) is 8.17. The molecule has 4 rings (SSSR count). The zero-order valence-corrected chi connectivity index (χ0v) is 14.1. The quantitative estimate of drug-likeness (QED) is 0.755. The molecule has 0 saturated heterocycles. The number of rotatable bonds is 1. The van der Waals surface area contributed by atoms with Gasteiger partial charge in [-0.3, -0.25) is 9.59 Å². The number of hydrogen-bond donors (Lipinski definition) is 1. The molecule has 1 N–H and O–H groups in total. The second-order valence-electron chi connectivity index (χ2n) is 8.86. The zero-order valence-electron chi connectivity index (χ0n) is 14.1. The number of carbonyl (C=O) groups excluding carboxylic acids is 2. The summed E-state index contributed by atoms with van der Waals surface area (Å²) in [7, 11) is 0. The molecule has 6 atom stereocenters. The number of ketones is 2. The van der Waals surface area contributed by atoms with Crippen molar-refractivity contribution < 1.29 is 14.7 Å². The molecule has 126 valence electrons. The van der Waals surface area contributed by atoms with Gasteiger partial charge in [0.25, 0.3) is 0 Å². The van der Waals surface area contributed by atoms with Gasteiger partial charge in [0.1, 0.15) is 11.6 Å². The van der Waals surface area contributed by atoms with Gasteiger partial charge in [0.05, 0.1) is 12.0 Å². The van der Waals surface area contributed by atoms with Crippen LogP contribution in [-0.2, 0) is 9.59 Å². The van der Waals surface area contributed by atoms with Crippen LogP contribution in [-0.4, -0.2) is 23.3 Å². The molecule has 0 aromatic carbocycles. The van der Waals surface area contributed by atoms with Crippen LogP contribution in [0.3, 0.4) is 0 Å². The van der Waals surface area contributed by atoms with Gasteiger partial charge in [0, 0.05) is 19.3 Å². The number of aliphatic hydroxyl groups excluding tert-OH is 1. The van der Waals surface area contributed by atoms with Crippen molar-refractivity contribution in [2.45, 2.75) is 58.3 Å². The lowest BCUT2D eigenvalue weighted by molar-refractivity contribution is -0.144. The number of allylic oxidation sites excluding steroid dienone is 1. The first kappa shape index (κ1) is 15.6. The first-order chi connectivity index (χ1) is 10.9. The summed E-state index contributed by atoms with van der Waals surface area (Å²) in [5.74, 6) is 2.41. The third-order valence-corrected chi connectivity index (χ3v) is 8.17. The molecule has 23 heavy (non-hydrogen) atoms. The van der Waals surface area contributed by atoms with Crippen LogP contribution in [0.2, 0.25) is 0 Å². The minimum atomic E-state index is -0.463. The molecule has 4 aliphatic rings. The maximum Gasteiger partial charge on any atom is 0.141 e. The molecule has 3 heteroatoms. The Morgan fingerprint density at radius 2 is 1.91 bits per heavy atom. The lowest BCUT2D eigenvalue weighted by atomic mass is 9.44. The van der Waals surface area contributed by atoms with Crippen LogP contribution in [0, 0.1) is 34.5 Å². The van der Waals surface area contributed by atoms with E-state index in [1.165, 1.54) is 5.57 Å². The van der Waals surface area contributed by atoms with Crippen LogP contribution in [0.1, 0.15) is 58.3 Å². The summed E-state index contributed by atoms with van der Waals surface area (Å²) in [6.45, 7) is 6.74. The van der Waals surface area contributed by atoms with Crippen LogP contribution < -0.4 is 0 Å². The maximum absolute atomic E-state index is 12.5. The second-order valence-corrected chi connectivity index (χ2v) is 8.86. The van der Waals surface area contributed by atoms with E-state index in [1.807, 2.05) is 0 Å². The summed E-state index contributed by atoms with van der Waals surface area (Å²) in [5.41, 5.74) is 0.936. The van der Waals surface area contributed by atoms with E-state index >= 15 is 0 Å². The van der Waals surface area contributed by atoms with E-state index in [9.17, 15) is 14.7 Å². The van der Waals surface area contributed by atoms with E-state index < -0.39 is 5.41 Å². The van der Waals surface area contributed by atoms with Gasteiger partial charge in [0.2, 0.25) is 0 Å². The Morgan fingerprint density at radius 3 is 2.65 bits per heavy atom. The van der Waals surface area contributed by atoms with E-state index in [1.54, 1.807) is 0 Å². The molecule has 0 spiro atoms. The van der Waals surface area contributed by atoms with Crippen molar-refractivity contribution in [3.63, 3.8) is 0 Å². The summed E-state index contributed by atoms with van der Waals surface area (Å²) in [5, 5.41) is 10.0. The maximum atomic E-state index is 12.5. The van der Waals surface area contributed by atoms with Gasteiger partial charge in [-0.25, -0.2) is 0 Å². The molecule has 0 aromatic heterocycles. The molecule has 0 aromatic rings. The summed E-state index contributed by atoms with van der Waals surface area (Å²) in [6, 6.07) is 0. The second kappa shape index (κ2) is 5.02. The zero-order chi connectivity index (χ0) is 16.4. The average Bonchev–Trinajstić information content (AvgIpc) is 2.87. The number of hydrogen-bond acceptors (Lipinski definition) is 3. The first-order valence-corrected chi connectivity index (χ1v) is 9.26. The van der Waals surface area contributed by atoms with Gasteiger partial charge in [-0.1, -0.05) is 19.1 Å². The number of Topliss-reactive ketones (excluding diaryl/α,β-unsaturated/α-hetero) is 2. The predicted octanol–water partition coefficient (Wildman–Crippen LogP) is 3.31. The van der Waals surface area contributed by atoms with Crippen molar-refractivity contribution in [3.05, 3.63) is 12.2 Å². The van der Waals surface area contributed by atoms with Crippen molar-refractivity contribution in [1.29, 1.82) is 0 Å². The molecule has 0 heterocycles. The van der Waals surface area contributed by atoms with E-state index in [4.69, 9.17) is 0 Å². The Labute approximate surface area is 138 Å². The Hall–Kier alpha value is -0.960. The normalized spacial score (nSPS) is 49.6. The Kier molecular flexibility index (Phi) is 3.39. The van der Waals surface area contributed by atoms with Crippen LogP contribution in [0.5, 0.6) is 0 Å². The highest BCUT2D eigenvalue weighted by molar-refractivity contribution is 5.87. The van der Waals surface area contributed by atoms with Gasteiger partial charge in [-0.2, -0.15) is 0 Å². The fraction of sp³-hybridized carbons (Fsp3) is 0.800. The monoisotopic (exact) mass is 316 g/mol. The Bertz CT molecular complexity index is 579. The van der Waals surface area contributed by atoms with Crippen LogP contribution in [0.25, 0.3) is 0 Å². The van der Waals surface area contributed by atoms with Crippen molar-refractivity contribution in [2.24, 2.45) is 34.5 Å². The topological polar surface area (TPSA) is 54.4 Å². The minimum Gasteiger partial charge on any atom is -0.395 e. The predicted molar refractivity (Wildman–Crippen MR) is 87.7 cm³/mol. The lowest BCUT2D eigenvalue weighted by Crippen LogP contribution is -2.55. The number of fused-ring (bicyclic) bond motifs is 5. The molecule has 3 nitrogen and oxygen atoms in total. The standard InChI is InChI=1S/C20H28O3/c1-12-9-14-15(19(2)7-5-13(22)10-17(12)19)6-8-20(11-21)16(14)3-4-18(20)23/h14-17,21H,1,3-11H2,2H3/t14-,15+,16+,17?,19-,20-/m1/s1. The fourth-order valence-electron chi connectivity index (χ4n) is 6.91. The van der Waals surface area contributed by atoms with E-state index in [-0.39, 0.29) is 12.0 Å². The first-order valence-electron chi connectivity index (χ1n) is 9.26. The van der Waals surface area contributed by atoms with E-state index in [0.29, 0.717) is 54.5 Å². The lowest BCUT2D eigenvalue weighted by Gasteiger charge is -2.60. The van der Waals surface area contributed by atoms with Crippen molar-refractivity contribution in [2.75, 3.05) is 6.61 Å². The molecular weight excluding hydrogens is 288 g/mol. The summed E-state index contributed by atoms with van der Waals surface area (Å²) >= 11 is 0. The fourth-order valence-corrected chi connectivity index (χ4v) is 6.91. The van der Waals surface area contributed by atoms with Crippen LogP contribution >= 0.6 is 0 Å². The molecule has 4 fully saturated rings. The molecule has 4 saturated carbocycles. The molecule has 0 radical (unpaired) electrons. The highest BCUT2D eigenvalue weighted by Gasteiger charge is 2.62. The SMILES string of the molecule is C=C1C[C@H]2[C@@H]3CCC(=O)[C@@]3(CO)CC[C@@H]2[C@@]2(C)CCC(=O)CC12. The number of carbonyl (C=O) groups is 2. The third kappa shape index (κ3) is 1.92. The highest BCUT2D eigenvalue weighted by Crippen LogP contribution is 2.66.